The van der Waals surface area contributed by atoms with E-state index in [-0.39, 0.29) is 0 Å². The van der Waals surface area contributed by atoms with Crippen molar-refractivity contribution in [2.45, 2.75) is 44.2 Å². The molecule has 0 bridgehead atoms. The van der Waals surface area contributed by atoms with Crippen LogP contribution in [0.15, 0.2) is 23.0 Å². The minimum atomic E-state index is -1.20. The molecule has 1 aromatic heterocycles. The lowest BCUT2D eigenvalue weighted by molar-refractivity contribution is -0.147. The first-order valence-electron chi connectivity index (χ1n) is 6.83. The van der Waals surface area contributed by atoms with Crippen molar-refractivity contribution in [1.82, 2.24) is 10.6 Å². The summed E-state index contributed by atoms with van der Waals surface area (Å²) in [6.07, 6.45) is 4.99. The highest BCUT2D eigenvalue weighted by Crippen LogP contribution is 2.29. The van der Waals surface area contributed by atoms with Gasteiger partial charge in [-0.15, -0.1) is 0 Å². The molecular weight excluding hydrogens is 276 g/mol. The summed E-state index contributed by atoms with van der Waals surface area (Å²) < 4.78 is 4.79. The quantitative estimate of drug-likeness (QED) is 0.748. The molecule has 7 nitrogen and oxygen atoms in total. The van der Waals surface area contributed by atoms with Crippen molar-refractivity contribution < 1.29 is 23.9 Å². The highest BCUT2D eigenvalue weighted by Gasteiger charge is 2.43. The molecule has 1 atom stereocenters. The normalized spacial score (nSPS) is 18.0. The van der Waals surface area contributed by atoms with Crippen LogP contribution in [-0.4, -0.2) is 34.5 Å². The Kier molecular flexibility index (Phi) is 4.30. The predicted octanol–water partition coefficient (Wildman–Crippen LogP) is 0.911. The van der Waals surface area contributed by atoms with E-state index in [0.717, 1.165) is 12.8 Å². The van der Waals surface area contributed by atoms with Gasteiger partial charge in [0.15, 0.2) is 0 Å². The Labute approximate surface area is 121 Å². The van der Waals surface area contributed by atoms with Gasteiger partial charge in [-0.2, -0.15) is 0 Å². The number of carbonyl (C=O) groups excluding carboxylic acids is 2. The van der Waals surface area contributed by atoms with Crippen LogP contribution in [0, 0.1) is 0 Å². The largest absolute Gasteiger partial charge is 0.480 e. The lowest BCUT2D eigenvalue weighted by Gasteiger charge is -2.27. The van der Waals surface area contributed by atoms with E-state index in [1.807, 2.05) is 0 Å². The van der Waals surface area contributed by atoms with Crippen molar-refractivity contribution in [2.75, 3.05) is 0 Å². The number of hydrogen-bond acceptors (Lipinski definition) is 4. The van der Waals surface area contributed by atoms with Gasteiger partial charge < -0.3 is 20.2 Å². The zero-order valence-electron chi connectivity index (χ0n) is 11.7. The molecular formula is C14H18N2O5. The molecule has 0 saturated heterocycles. The molecule has 7 heteroatoms. The monoisotopic (exact) mass is 294 g/mol. The summed E-state index contributed by atoms with van der Waals surface area (Å²) in [7, 11) is 0. The average Bonchev–Trinajstić information content (AvgIpc) is 3.10. The first-order valence-corrected chi connectivity index (χ1v) is 6.83. The van der Waals surface area contributed by atoms with Gasteiger partial charge in [-0.05, 0) is 25.8 Å². The SMILES string of the molecule is CC(NC(=O)c1ccoc1)C(=O)NC1(C(=O)O)CCCC1. The molecule has 1 heterocycles. The standard InChI is InChI=1S/C14H18N2O5/c1-9(15-12(18)10-4-7-21-8-10)11(17)16-14(13(19)20)5-2-3-6-14/h4,7-9H,2-3,5-6H2,1H3,(H,15,18)(H,16,17)(H,19,20). The molecule has 21 heavy (non-hydrogen) atoms. The molecule has 1 saturated carbocycles. The van der Waals surface area contributed by atoms with Crippen molar-refractivity contribution in [3.8, 4) is 0 Å². The topological polar surface area (TPSA) is 109 Å². The molecule has 0 aliphatic heterocycles. The zero-order valence-corrected chi connectivity index (χ0v) is 11.7. The van der Waals surface area contributed by atoms with E-state index >= 15 is 0 Å². The highest BCUT2D eigenvalue weighted by molar-refractivity contribution is 5.98. The number of aliphatic carboxylic acids is 1. The van der Waals surface area contributed by atoms with Crippen molar-refractivity contribution >= 4 is 17.8 Å². The Hall–Kier alpha value is -2.31. The Morgan fingerprint density at radius 3 is 2.52 bits per heavy atom. The summed E-state index contributed by atoms with van der Waals surface area (Å²) in [6, 6.07) is 0.652. The van der Waals surface area contributed by atoms with E-state index in [2.05, 4.69) is 10.6 Å². The van der Waals surface area contributed by atoms with E-state index in [4.69, 9.17) is 4.42 Å². The van der Waals surface area contributed by atoms with Crippen LogP contribution in [0.5, 0.6) is 0 Å². The van der Waals surface area contributed by atoms with Crippen molar-refractivity contribution in [2.24, 2.45) is 0 Å². The third-order valence-electron chi connectivity index (χ3n) is 3.75. The van der Waals surface area contributed by atoms with Gasteiger partial charge in [-0.3, -0.25) is 9.59 Å². The van der Waals surface area contributed by atoms with Crippen molar-refractivity contribution in [1.29, 1.82) is 0 Å². The number of amides is 2. The fourth-order valence-corrected chi connectivity index (χ4v) is 2.45. The van der Waals surface area contributed by atoms with Gasteiger partial charge in [0.05, 0.1) is 11.8 Å². The summed E-state index contributed by atoms with van der Waals surface area (Å²) in [5, 5.41) is 14.4. The number of furan rings is 1. The lowest BCUT2D eigenvalue weighted by atomic mass is 9.97. The fraction of sp³-hybridized carbons (Fsp3) is 0.500. The van der Waals surface area contributed by atoms with Crippen LogP contribution >= 0.6 is 0 Å². The molecule has 2 amide bonds. The highest BCUT2D eigenvalue weighted by atomic mass is 16.4. The molecule has 1 aromatic rings. The number of carbonyl (C=O) groups is 3. The molecule has 0 spiro atoms. The maximum atomic E-state index is 12.1. The minimum Gasteiger partial charge on any atom is -0.480 e. The first-order chi connectivity index (χ1) is 9.94. The Morgan fingerprint density at radius 2 is 2.00 bits per heavy atom. The molecule has 1 unspecified atom stereocenters. The van der Waals surface area contributed by atoms with E-state index < -0.39 is 29.4 Å². The molecule has 1 aliphatic carbocycles. The molecule has 1 aliphatic rings. The van der Waals surface area contributed by atoms with Gasteiger partial charge in [-0.25, -0.2) is 4.79 Å². The molecule has 1 fully saturated rings. The van der Waals surface area contributed by atoms with E-state index in [1.54, 1.807) is 0 Å². The summed E-state index contributed by atoms with van der Waals surface area (Å²) in [6.45, 7) is 1.51. The second-order valence-corrected chi connectivity index (χ2v) is 5.29. The van der Waals surface area contributed by atoms with Crippen molar-refractivity contribution in [3.63, 3.8) is 0 Å². The van der Waals surface area contributed by atoms with E-state index in [0.29, 0.717) is 18.4 Å². The van der Waals surface area contributed by atoms with Crippen LogP contribution in [0.2, 0.25) is 0 Å². The van der Waals surface area contributed by atoms with Crippen LogP contribution < -0.4 is 10.6 Å². The maximum Gasteiger partial charge on any atom is 0.329 e. The summed E-state index contributed by atoms with van der Waals surface area (Å²) in [5.41, 5.74) is -0.894. The molecule has 2 rings (SSSR count). The number of rotatable bonds is 5. The van der Waals surface area contributed by atoms with Crippen LogP contribution in [0.25, 0.3) is 0 Å². The van der Waals surface area contributed by atoms with E-state index in [9.17, 15) is 19.5 Å². The molecule has 0 radical (unpaired) electrons. The lowest BCUT2D eigenvalue weighted by Crippen LogP contribution is -2.57. The number of carboxylic acids is 1. The smallest absolute Gasteiger partial charge is 0.329 e. The first kappa shape index (κ1) is 15.1. The maximum absolute atomic E-state index is 12.1. The minimum absolute atomic E-state index is 0.309. The molecule has 0 aromatic carbocycles. The summed E-state index contributed by atoms with van der Waals surface area (Å²) in [4.78, 5) is 35.3. The average molecular weight is 294 g/mol. The number of hydrogen-bond donors (Lipinski definition) is 3. The summed E-state index contributed by atoms with van der Waals surface area (Å²) >= 11 is 0. The number of nitrogens with one attached hydrogen (secondary N) is 2. The van der Waals surface area contributed by atoms with E-state index in [1.165, 1.54) is 25.5 Å². The fourth-order valence-electron chi connectivity index (χ4n) is 2.45. The third-order valence-corrected chi connectivity index (χ3v) is 3.75. The Morgan fingerprint density at radius 1 is 1.33 bits per heavy atom. The number of carboxylic acid groups (broad SMARTS) is 1. The molecule has 3 N–H and O–H groups in total. The van der Waals surface area contributed by atoms with Gasteiger partial charge in [-0.1, -0.05) is 12.8 Å². The van der Waals surface area contributed by atoms with Crippen LogP contribution in [0.3, 0.4) is 0 Å². The zero-order chi connectivity index (χ0) is 15.5. The van der Waals surface area contributed by atoms with Gasteiger partial charge in [0.2, 0.25) is 5.91 Å². The van der Waals surface area contributed by atoms with Crippen LogP contribution in [0.1, 0.15) is 43.0 Å². The van der Waals surface area contributed by atoms with Crippen LogP contribution in [0.4, 0.5) is 0 Å². The summed E-state index contributed by atoms with van der Waals surface area (Å²) in [5.74, 6) is -1.97. The van der Waals surface area contributed by atoms with Gasteiger partial charge in [0.1, 0.15) is 17.8 Å². The molecule has 114 valence electrons. The second-order valence-electron chi connectivity index (χ2n) is 5.29. The van der Waals surface area contributed by atoms with Gasteiger partial charge >= 0.3 is 5.97 Å². The predicted molar refractivity (Wildman–Crippen MR) is 72.6 cm³/mol. The Balaban J connectivity index is 1.96. The van der Waals surface area contributed by atoms with Crippen LogP contribution in [-0.2, 0) is 9.59 Å². The third kappa shape index (κ3) is 3.24. The Bertz CT molecular complexity index is 532. The van der Waals surface area contributed by atoms with Crippen molar-refractivity contribution in [3.05, 3.63) is 24.2 Å². The second kappa shape index (κ2) is 5.99. The van der Waals surface area contributed by atoms with Gasteiger partial charge in [0.25, 0.3) is 5.91 Å². The van der Waals surface area contributed by atoms with Gasteiger partial charge in [0, 0.05) is 0 Å².